The summed E-state index contributed by atoms with van der Waals surface area (Å²) in [5, 5.41) is 11.3. The molecule has 0 radical (unpaired) electrons. The molecule has 5 heteroatoms. The molecule has 1 aliphatic rings. The molecule has 18 heavy (non-hydrogen) atoms. The number of nitrogens with zero attached hydrogens (tertiary/aromatic N) is 1. The molecular formula is C13H24N2O3. The molecule has 0 aromatic carbocycles. The molecule has 1 heterocycles. The van der Waals surface area contributed by atoms with Crippen LogP contribution in [0.4, 0.5) is 0 Å². The van der Waals surface area contributed by atoms with Gasteiger partial charge in [-0.05, 0) is 51.7 Å². The van der Waals surface area contributed by atoms with E-state index in [1.165, 1.54) is 19.8 Å². The summed E-state index contributed by atoms with van der Waals surface area (Å²) >= 11 is 0. The SMILES string of the molecule is CC1CCN(CCCNC(=O)C(C)C(=O)O)CC1. The van der Waals surface area contributed by atoms with Crippen LogP contribution < -0.4 is 5.32 Å². The van der Waals surface area contributed by atoms with E-state index >= 15 is 0 Å². The van der Waals surface area contributed by atoms with E-state index in [2.05, 4.69) is 17.1 Å². The number of aliphatic carboxylic acids is 1. The van der Waals surface area contributed by atoms with Crippen LogP contribution >= 0.6 is 0 Å². The first-order valence-electron chi connectivity index (χ1n) is 6.73. The van der Waals surface area contributed by atoms with Crippen LogP contribution in [0.15, 0.2) is 0 Å². The van der Waals surface area contributed by atoms with E-state index in [4.69, 9.17) is 5.11 Å². The Morgan fingerprint density at radius 1 is 1.39 bits per heavy atom. The van der Waals surface area contributed by atoms with E-state index in [1.54, 1.807) is 0 Å². The van der Waals surface area contributed by atoms with Crippen LogP contribution in [0.1, 0.15) is 33.1 Å². The van der Waals surface area contributed by atoms with Gasteiger partial charge < -0.3 is 15.3 Å². The maximum atomic E-state index is 11.4. The highest BCUT2D eigenvalue weighted by atomic mass is 16.4. The van der Waals surface area contributed by atoms with Crippen molar-refractivity contribution in [1.82, 2.24) is 10.2 Å². The highest BCUT2D eigenvalue weighted by molar-refractivity contribution is 5.96. The van der Waals surface area contributed by atoms with Gasteiger partial charge in [-0.1, -0.05) is 6.92 Å². The summed E-state index contributed by atoms with van der Waals surface area (Å²) in [5.74, 6) is -1.59. The van der Waals surface area contributed by atoms with Gasteiger partial charge in [-0.15, -0.1) is 0 Å². The largest absolute Gasteiger partial charge is 0.481 e. The predicted octanol–water partition coefficient (Wildman–Crippen LogP) is 0.945. The maximum absolute atomic E-state index is 11.4. The Kier molecular flexibility index (Phi) is 6.12. The number of hydrogen-bond acceptors (Lipinski definition) is 3. The van der Waals surface area contributed by atoms with Crippen LogP contribution in [0.25, 0.3) is 0 Å². The number of carbonyl (C=O) groups excluding carboxylic acids is 1. The van der Waals surface area contributed by atoms with E-state index in [-0.39, 0.29) is 0 Å². The molecule has 1 atom stereocenters. The molecule has 1 aliphatic heterocycles. The molecule has 0 bridgehead atoms. The van der Waals surface area contributed by atoms with Gasteiger partial charge in [0.05, 0.1) is 0 Å². The van der Waals surface area contributed by atoms with E-state index < -0.39 is 17.8 Å². The van der Waals surface area contributed by atoms with Gasteiger partial charge in [0.25, 0.3) is 0 Å². The molecule has 1 fully saturated rings. The van der Waals surface area contributed by atoms with Crippen molar-refractivity contribution in [2.45, 2.75) is 33.1 Å². The topological polar surface area (TPSA) is 69.6 Å². The molecular weight excluding hydrogens is 232 g/mol. The van der Waals surface area contributed by atoms with Crippen molar-refractivity contribution < 1.29 is 14.7 Å². The fourth-order valence-electron chi connectivity index (χ4n) is 2.07. The lowest BCUT2D eigenvalue weighted by molar-refractivity contribution is -0.146. The summed E-state index contributed by atoms with van der Waals surface area (Å²) in [6.07, 6.45) is 3.39. The van der Waals surface area contributed by atoms with Crippen molar-refractivity contribution >= 4 is 11.9 Å². The van der Waals surface area contributed by atoms with E-state index in [9.17, 15) is 9.59 Å². The lowest BCUT2D eigenvalue weighted by Gasteiger charge is -2.30. The summed E-state index contributed by atoms with van der Waals surface area (Å²) in [6, 6.07) is 0. The molecule has 104 valence electrons. The minimum absolute atomic E-state index is 0.394. The lowest BCUT2D eigenvalue weighted by Crippen LogP contribution is -2.37. The van der Waals surface area contributed by atoms with Crippen LogP contribution in [-0.2, 0) is 9.59 Å². The van der Waals surface area contributed by atoms with E-state index in [0.29, 0.717) is 6.54 Å². The Balaban J connectivity index is 2.08. The molecule has 1 unspecified atom stereocenters. The molecule has 0 saturated carbocycles. The van der Waals surface area contributed by atoms with Gasteiger partial charge in [0.1, 0.15) is 5.92 Å². The molecule has 1 amide bonds. The number of carbonyl (C=O) groups is 2. The summed E-state index contributed by atoms with van der Waals surface area (Å²) < 4.78 is 0. The van der Waals surface area contributed by atoms with E-state index in [0.717, 1.165) is 32.0 Å². The van der Waals surface area contributed by atoms with Gasteiger partial charge in [-0.3, -0.25) is 9.59 Å². The van der Waals surface area contributed by atoms with Gasteiger partial charge in [0.15, 0.2) is 0 Å². The zero-order valence-corrected chi connectivity index (χ0v) is 11.3. The van der Waals surface area contributed by atoms with Crippen molar-refractivity contribution in [3.63, 3.8) is 0 Å². The lowest BCUT2D eigenvalue weighted by atomic mass is 9.99. The zero-order chi connectivity index (χ0) is 13.5. The smallest absolute Gasteiger partial charge is 0.315 e. The average molecular weight is 256 g/mol. The third-order valence-electron chi connectivity index (χ3n) is 3.59. The van der Waals surface area contributed by atoms with Crippen molar-refractivity contribution in [1.29, 1.82) is 0 Å². The zero-order valence-electron chi connectivity index (χ0n) is 11.3. The van der Waals surface area contributed by atoms with Gasteiger partial charge in [0, 0.05) is 6.54 Å². The Morgan fingerprint density at radius 2 is 2.00 bits per heavy atom. The molecule has 1 rings (SSSR count). The standard InChI is InChI=1S/C13H24N2O3/c1-10-4-8-15(9-5-10)7-3-6-14-12(16)11(2)13(17)18/h10-11H,3-9H2,1-2H3,(H,14,16)(H,17,18). The molecule has 0 spiro atoms. The number of amides is 1. The van der Waals surface area contributed by atoms with Gasteiger partial charge in [-0.2, -0.15) is 0 Å². The number of carboxylic acids is 1. The van der Waals surface area contributed by atoms with Crippen LogP contribution in [-0.4, -0.2) is 48.1 Å². The monoisotopic (exact) mass is 256 g/mol. The Morgan fingerprint density at radius 3 is 2.56 bits per heavy atom. The average Bonchev–Trinajstić information content (AvgIpc) is 2.35. The first kappa shape index (κ1) is 15.0. The van der Waals surface area contributed by atoms with Crippen molar-refractivity contribution in [3.8, 4) is 0 Å². The Labute approximate surface area is 109 Å². The Hall–Kier alpha value is -1.10. The van der Waals surface area contributed by atoms with Crippen molar-refractivity contribution in [2.24, 2.45) is 11.8 Å². The second kappa shape index (κ2) is 7.36. The summed E-state index contributed by atoms with van der Waals surface area (Å²) in [7, 11) is 0. The molecule has 0 aromatic rings. The number of rotatable bonds is 6. The second-order valence-electron chi connectivity index (χ2n) is 5.23. The highest BCUT2D eigenvalue weighted by Gasteiger charge is 2.20. The number of piperidine rings is 1. The predicted molar refractivity (Wildman–Crippen MR) is 69.3 cm³/mol. The minimum Gasteiger partial charge on any atom is -0.481 e. The van der Waals surface area contributed by atoms with Gasteiger partial charge in [0.2, 0.25) is 5.91 Å². The highest BCUT2D eigenvalue weighted by Crippen LogP contribution is 2.15. The molecule has 5 nitrogen and oxygen atoms in total. The van der Waals surface area contributed by atoms with Gasteiger partial charge >= 0.3 is 5.97 Å². The molecule has 2 N–H and O–H groups in total. The normalized spacial score (nSPS) is 19.4. The summed E-state index contributed by atoms with van der Waals surface area (Å²) in [6.45, 7) is 7.51. The number of carboxylic acid groups (broad SMARTS) is 1. The van der Waals surface area contributed by atoms with Crippen molar-refractivity contribution in [2.75, 3.05) is 26.2 Å². The van der Waals surface area contributed by atoms with Crippen LogP contribution in [0.3, 0.4) is 0 Å². The third-order valence-corrected chi connectivity index (χ3v) is 3.59. The van der Waals surface area contributed by atoms with Gasteiger partial charge in [-0.25, -0.2) is 0 Å². The number of nitrogens with one attached hydrogen (secondary N) is 1. The first-order chi connectivity index (χ1) is 8.50. The van der Waals surface area contributed by atoms with Crippen LogP contribution in [0.5, 0.6) is 0 Å². The van der Waals surface area contributed by atoms with Crippen LogP contribution in [0.2, 0.25) is 0 Å². The van der Waals surface area contributed by atoms with Crippen LogP contribution in [0, 0.1) is 11.8 Å². The summed E-state index contributed by atoms with van der Waals surface area (Å²) in [5.41, 5.74) is 0. The number of hydrogen-bond donors (Lipinski definition) is 2. The van der Waals surface area contributed by atoms with Crippen molar-refractivity contribution in [3.05, 3.63) is 0 Å². The maximum Gasteiger partial charge on any atom is 0.315 e. The fraction of sp³-hybridized carbons (Fsp3) is 0.846. The summed E-state index contributed by atoms with van der Waals surface area (Å²) in [4.78, 5) is 24.4. The second-order valence-corrected chi connectivity index (χ2v) is 5.23. The fourth-order valence-corrected chi connectivity index (χ4v) is 2.07. The molecule has 0 aromatic heterocycles. The first-order valence-corrected chi connectivity index (χ1v) is 6.73. The molecule has 1 saturated heterocycles. The third kappa shape index (κ3) is 5.04. The quantitative estimate of drug-likeness (QED) is 0.548. The minimum atomic E-state index is -1.07. The number of likely N-dealkylation sites (tertiary alicyclic amines) is 1. The molecule has 0 aliphatic carbocycles. The Bertz CT molecular complexity index is 286. The van der Waals surface area contributed by atoms with E-state index in [1.807, 2.05) is 0 Å².